The number of rotatable bonds is 7. The molecule has 3 N–H and O–H groups in total. The largest absolute Gasteiger partial charge is 0.351 e. The van der Waals surface area contributed by atoms with Crippen molar-refractivity contribution in [2.75, 3.05) is 20.1 Å². The Labute approximate surface area is 97.4 Å². The Hall–Kier alpha value is -1.10. The molecule has 0 saturated heterocycles. The van der Waals surface area contributed by atoms with Gasteiger partial charge < -0.3 is 16.0 Å². The third-order valence-corrected chi connectivity index (χ3v) is 2.47. The van der Waals surface area contributed by atoms with Gasteiger partial charge in [-0.2, -0.15) is 0 Å². The molecule has 0 saturated carbocycles. The predicted molar refractivity (Wildman–Crippen MR) is 63.8 cm³/mol. The maximum absolute atomic E-state index is 11.5. The number of likely N-dealkylation sites (N-methyl/N-ethyl adjacent to an activating group) is 1. The molecule has 0 aliphatic carbocycles. The number of hydrogen-bond acceptors (Lipinski definition) is 3. The number of hydrogen-bond donors (Lipinski definition) is 2. The number of amides is 2. The van der Waals surface area contributed by atoms with Crippen molar-refractivity contribution in [1.82, 2.24) is 10.2 Å². The minimum atomic E-state index is -0.149. The molecule has 5 nitrogen and oxygen atoms in total. The van der Waals surface area contributed by atoms with Crippen LogP contribution in [0.4, 0.5) is 0 Å². The van der Waals surface area contributed by atoms with Crippen molar-refractivity contribution in [3.63, 3.8) is 0 Å². The second-order valence-electron chi connectivity index (χ2n) is 4.02. The fraction of sp³-hybridized carbons (Fsp3) is 0.818. The van der Waals surface area contributed by atoms with Crippen molar-refractivity contribution in [1.29, 1.82) is 0 Å². The Kier molecular flexibility index (Phi) is 7.54. The third-order valence-electron chi connectivity index (χ3n) is 2.47. The van der Waals surface area contributed by atoms with Gasteiger partial charge in [0, 0.05) is 26.6 Å². The highest BCUT2D eigenvalue weighted by Crippen LogP contribution is 1.99. The third kappa shape index (κ3) is 6.40. The van der Waals surface area contributed by atoms with Crippen LogP contribution in [0.15, 0.2) is 0 Å². The van der Waals surface area contributed by atoms with E-state index in [-0.39, 0.29) is 24.4 Å². The molecule has 0 heterocycles. The number of nitrogens with zero attached hydrogens (tertiary/aromatic N) is 1. The van der Waals surface area contributed by atoms with Gasteiger partial charge in [0.15, 0.2) is 0 Å². The van der Waals surface area contributed by atoms with E-state index >= 15 is 0 Å². The van der Waals surface area contributed by atoms with E-state index in [1.807, 2.05) is 0 Å². The van der Waals surface area contributed by atoms with Gasteiger partial charge >= 0.3 is 0 Å². The molecular weight excluding hydrogens is 206 g/mol. The second kappa shape index (κ2) is 8.10. The molecule has 0 aromatic heterocycles. The van der Waals surface area contributed by atoms with Crippen LogP contribution in [-0.2, 0) is 9.59 Å². The van der Waals surface area contributed by atoms with E-state index in [1.165, 1.54) is 11.8 Å². The molecule has 0 aliphatic heterocycles. The van der Waals surface area contributed by atoms with Gasteiger partial charge in [-0.3, -0.25) is 9.59 Å². The van der Waals surface area contributed by atoms with Crippen LogP contribution in [0.5, 0.6) is 0 Å². The standard InChI is InChI=1S/C11H23N3O2/c1-4-5-6-10(7-12)13-11(16)8-14(3)9(2)15/h10H,4-8,12H2,1-3H3,(H,13,16). The van der Waals surface area contributed by atoms with Crippen LogP contribution in [0.2, 0.25) is 0 Å². The molecule has 1 unspecified atom stereocenters. The molecule has 0 aromatic rings. The molecule has 0 aliphatic rings. The molecule has 0 rings (SSSR count). The van der Waals surface area contributed by atoms with Crippen LogP contribution in [0.1, 0.15) is 33.1 Å². The lowest BCUT2D eigenvalue weighted by Gasteiger charge is -2.19. The zero-order chi connectivity index (χ0) is 12.6. The zero-order valence-electron chi connectivity index (χ0n) is 10.5. The van der Waals surface area contributed by atoms with Crippen molar-refractivity contribution in [3.8, 4) is 0 Å². The predicted octanol–water partition coefficient (Wildman–Crippen LogP) is 0.0984. The first kappa shape index (κ1) is 14.9. The van der Waals surface area contributed by atoms with Crippen LogP contribution in [-0.4, -0.2) is 42.9 Å². The smallest absolute Gasteiger partial charge is 0.239 e. The SMILES string of the molecule is CCCCC(CN)NC(=O)CN(C)C(C)=O. The molecule has 0 aromatic carbocycles. The van der Waals surface area contributed by atoms with Crippen LogP contribution in [0.25, 0.3) is 0 Å². The van der Waals surface area contributed by atoms with Gasteiger partial charge in [0.05, 0.1) is 6.54 Å². The topological polar surface area (TPSA) is 75.4 Å². The molecule has 0 spiro atoms. The van der Waals surface area contributed by atoms with Gasteiger partial charge in [-0.15, -0.1) is 0 Å². The lowest BCUT2D eigenvalue weighted by Crippen LogP contribution is -2.45. The summed E-state index contributed by atoms with van der Waals surface area (Å²) in [5, 5.41) is 2.83. The number of nitrogens with two attached hydrogens (primary N) is 1. The Morgan fingerprint density at radius 1 is 1.44 bits per heavy atom. The molecule has 16 heavy (non-hydrogen) atoms. The summed E-state index contributed by atoms with van der Waals surface area (Å²) in [6.07, 6.45) is 3.02. The zero-order valence-corrected chi connectivity index (χ0v) is 10.5. The Morgan fingerprint density at radius 2 is 2.06 bits per heavy atom. The van der Waals surface area contributed by atoms with E-state index < -0.39 is 0 Å². The van der Waals surface area contributed by atoms with E-state index in [0.29, 0.717) is 6.54 Å². The van der Waals surface area contributed by atoms with Gasteiger partial charge in [0.1, 0.15) is 0 Å². The first-order valence-corrected chi connectivity index (χ1v) is 5.72. The lowest BCUT2D eigenvalue weighted by atomic mass is 10.1. The number of unbranched alkanes of at least 4 members (excludes halogenated alkanes) is 1. The fourth-order valence-electron chi connectivity index (χ4n) is 1.30. The maximum atomic E-state index is 11.5. The Morgan fingerprint density at radius 3 is 2.50 bits per heavy atom. The highest BCUT2D eigenvalue weighted by molar-refractivity contribution is 5.83. The normalized spacial score (nSPS) is 12.0. The minimum Gasteiger partial charge on any atom is -0.351 e. The summed E-state index contributed by atoms with van der Waals surface area (Å²) in [6.45, 7) is 4.07. The van der Waals surface area contributed by atoms with Crippen molar-refractivity contribution >= 4 is 11.8 Å². The first-order valence-electron chi connectivity index (χ1n) is 5.72. The van der Waals surface area contributed by atoms with Crippen molar-refractivity contribution in [3.05, 3.63) is 0 Å². The quantitative estimate of drug-likeness (QED) is 0.650. The van der Waals surface area contributed by atoms with Gasteiger partial charge in [0.25, 0.3) is 0 Å². The molecule has 1 atom stereocenters. The highest BCUT2D eigenvalue weighted by atomic mass is 16.2. The summed E-state index contributed by atoms with van der Waals surface area (Å²) in [4.78, 5) is 23.8. The monoisotopic (exact) mass is 229 g/mol. The number of carbonyl (C=O) groups is 2. The van der Waals surface area contributed by atoms with Gasteiger partial charge in [-0.1, -0.05) is 19.8 Å². The average Bonchev–Trinajstić information content (AvgIpc) is 2.23. The number of nitrogens with one attached hydrogen (secondary N) is 1. The van der Waals surface area contributed by atoms with Crippen molar-refractivity contribution < 1.29 is 9.59 Å². The first-order chi connectivity index (χ1) is 7.51. The van der Waals surface area contributed by atoms with Crippen LogP contribution >= 0.6 is 0 Å². The van der Waals surface area contributed by atoms with E-state index in [4.69, 9.17) is 5.73 Å². The van der Waals surface area contributed by atoms with E-state index in [0.717, 1.165) is 19.3 Å². The summed E-state index contributed by atoms with van der Waals surface area (Å²) >= 11 is 0. The summed E-state index contributed by atoms with van der Waals surface area (Å²) in [6, 6.07) is 0.0211. The summed E-state index contributed by atoms with van der Waals surface area (Å²) in [5.41, 5.74) is 5.56. The van der Waals surface area contributed by atoms with Crippen molar-refractivity contribution in [2.45, 2.75) is 39.2 Å². The van der Waals surface area contributed by atoms with Gasteiger partial charge in [-0.25, -0.2) is 0 Å². The van der Waals surface area contributed by atoms with E-state index in [1.54, 1.807) is 7.05 Å². The van der Waals surface area contributed by atoms with Gasteiger partial charge in [-0.05, 0) is 6.42 Å². The number of carbonyl (C=O) groups excluding carboxylic acids is 2. The van der Waals surface area contributed by atoms with E-state index in [9.17, 15) is 9.59 Å². The Balaban J connectivity index is 3.95. The molecule has 5 heteroatoms. The van der Waals surface area contributed by atoms with Gasteiger partial charge in [0.2, 0.25) is 11.8 Å². The highest BCUT2D eigenvalue weighted by Gasteiger charge is 2.13. The Bertz CT molecular complexity index is 231. The fourth-order valence-corrected chi connectivity index (χ4v) is 1.30. The molecule has 0 fully saturated rings. The van der Waals surface area contributed by atoms with Crippen LogP contribution in [0, 0.1) is 0 Å². The molecule has 2 amide bonds. The average molecular weight is 229 g/mol. The molecular formula is C11H23N3O2. The maximum Gasteiger partial charge on any atom is 0.239 e. The molecule has 0 radical (unpaired) electrons. The minimum absolute atomic E-state index is 0.0211. The second-order valence-corrected chi connectivity index (χ2v) is 4.02. The lowest BCUT2D eigenvalue weighted by molar-refractivity contribution is -0.133. The molecule has 0 bridgehead atoms. The summed E-state index contributed by atoms with van der Waals surface area (Å²) in [5.74, 6) is -0.266. The van der Waals surface area contributed by atoms with Crippen molar-refractivity contribution in [2.24, 2.45) is 5.73 Å². The van der Waals surface area contributed by atoms with Crippen LogP contribution < -0.4 is 11.1 Å². The van der Waals surface area contributed by atoms with Crippen LogP contribution in [0.3, 0.4) is 0 Å². The summed E-state index contributed by atoms with van der Waals surface area (Å²) in [7, 11) is 1.60. The molecule has 94 valence electrons. The summed E-state index contributed by atoms with van der Waals surface area (Å²) < 4.78 is 0. The van der Waals surface area contributed by atoms with E-state index in [2.05, 4.69) is 12.2 Å².